The number of halogens is 2. The Morgan fingerprint density at radius 1 is 1.28 bits per heavy atom. The van der Waals surface area contributed by atoms with E-state index in [1.807, 2.05) is 20.8 Å². The summed E-state index contributed by atoms with van der Waals surface area (Å²) in [5, 5.41) is 4.01. The van der Waals surface area contributed by atoms with Crippen molar-refractivity contribution < 1.29 is 8.91 Å². The zero-order chi connectivity index (χ0) is 13.5. The standard InChI is InChI=1S/C13H14ClFN2O/c1-13(2,3)11-10(12(16)17-18-11)9-7(14)5-4-6-8(9)15/h4-6H,1-3H3,(H2,16,17). The largest absolute Gasteiger partial charge is 0.380 e. The first-order valence-electron chi connectivity index (χ1n) is 5.52. The van der Waals surface area contributed by atoms with Crippen LogP contribution in [0.3, 0.4) is 0 Å². The van der Waals surface area contributed by atoms with E-state index in [0.29, 0.717) is 11.3 Å². The van der Waals surface area contributed by atoms with E-state index in [4.69, 9.17) is 21.9 Å². The van der Waals surface area contributed by atoms with E-state index in [1.54, 1.807) is 12.1 Å². The van der Waals surface area contributed by atoms with Crippen LogP contribution in [-0.4, -0.2) is 5.16 Å². The molecule has 1 aromatic heterocycles. The number of hydrogen-bond donors (Lipinski definition) is 1. The van der Waals surface area contributed by atoms with E-state index in [1.165, 1.54) is 6.07 Å². The summed E-state index contributed by atoms with van der Waals surface area (Å²) in [7, 11) is 0. The zero-order valence-corrected chi connectivity index (χ0v) is 11.2. The van der Waals surface area contributed by atoms with Crippen molar-refractivity contribution in [2.75, 3.05) is 5.73 Å². The molecule has 0 atom stereocenters. The quantitative estimate of drug-likeness (QED) is 0.850. The van der Waals surface area contributed by atoms with E-state index < -0.39 is 5.82 Å². The summed E-state index contributed by atoms with van der Waals surface area (Å²) in [6.07, 6.45) is 0. The molecule has 0 saturated heterocycles. The topological polar surface area (TPSA) is 52.0 Å². The van der Waals surface area contributed by atoms with Crippen LogP contribution in [-0.2, 0) is 5.41 Å². The maximum Gasteiger partial charge on any atom is 0.175 e. The molecule has 2 aromatic rings. The highest BCUT2D eigenvalue weighted by Gasteiger charge is 2.29. The van der Waals surface area contributed by atoms with Crippen molar-refractivity contribution in [2.45, 2.75) is 26.2 Å². The Labute approximate surface area is 110 Å². The van der Waals surface area contributed by atoms with Gasteiger partial charge in [-0.1, -0.05) is 43.6 Å². The van der Waals surface area contributed by atoms with Crippen molar-refractivity contribution in [3.8, 4) is 11.1 Å². The van der Waals surface area contributed by atoms with E-state index in [0.717, 1.165) is 0 Å². The molecule has 0 spiro atoms. The van der Waals surface area contributed by atoms with Gasteiger partial charge in [0.05, 0.1) is 10.6 Å². The van der Waals surface area contributed by atoms with Crippen LogP contribution in [0, 0.1) is 5.82 Å². The molecule has 96 valence electrons. The number of benzene rings is 1. The number of rotatable bonds is 1. The summed E-state index contributed by atoms with van der Waals surface area (Å²) in [6.45, 7) is 5.81. The van der Waals surface area contributed by atoms with Crippen molar-refractivity contribution in [3.05, 3.63) is 34.8 Å². The van der Waals surface area contributed by atoms with Crippen LogP contribution >= 0.6 is 11.6 Å². The minimum Gasteiger partial charge on any atom is -0.380 e. The molecule has 0 radical (unpaired) electrons. The molecular formula is C13H14ClFN2O. The summed E-state index contributed by atoms with van der Waals surface area (Å²) in [5.74, 6) is 0.224. The molecule has 0 saturated carbocycles. The summed E-state index contributed by atoms with van der Waals surface area (Å²) in [5.41, 5.74) is 6.11. The molecule has 0 aliphatic rings. The van der Waals surface area contributed by atoms with Crippen LogP contribution in [0.15, 0.2) is 22.7 Å². The molecule has 2 N–H and O–H groups in total. The molecular weight excluding hydrogens is 255 g/mol. The highest BCUT2D eigenvalue weighted by Crippen LogP contribution is 2.41. The van der Waals surface area contributed by atoms with Gasteiger partial charge in [-0.05, 0) is 12.1 Å². The molecule has 3 nitrogen and oxygen atoms in total. The molecule has 0 aliphatic heterocycles. The first-order chi connectivity index (χ1) is 8.32. The lowest BCUT2D eigenvalue weighted by molar-refractivity contribution is 0.332. The van der Waals surface area contributed by atoms with Crippen LogP contribution in [0.4, 0.5) is 10.2 Å². The second-order valence-electron chi connectivity index (χ2n) is 5.12. The van der Waals surface area contributed by atoms with Gasteiger partial charge in [0.1, 0.15) is 5.82 Å². The zero-order valence-electron chi connectivity index (χ0n) is 10.4. The molecule has 2 rings (SSSR count). The van der Waals surface area contributed by atoms with Gasteiger partial charge in [-0.25, -0.2) is 4.39 Å². The molecule has 0 aliphatic carbocycles. The first kappa shape index (κ1) is 12.9. The number of hydrogen-bond acceptors (Lipinski definition) is 3. The van der Waals surface area contributed by atoms with Crippen molar-refractivity contribution in [1.82, 2.24) is 5.16 Å². The van der Waals surface area contributed by atoms with Gasteiger partial charge in [-0.2, -0.15) is 0 Å². The van der Waals surface area contributed by atoms with Crippen LogP contribution in [0.1, 0.15) is 26.5 Å². The smallest absolute Gasteiger partial charge is 0.175 e. The number of nitrogen functional groups attached to an aromatic ring is 1. The lowest BCUT2D eigenvalue weighted by Crippen LogP contribution is -2.11. The number of nitrogens with zero attached hydrogens (tertiary/aromatic N) is 1. The van der Waals surface area contributed by atoms with Gasteiger partial charge < -0.3 is 10.3 Å². The summed E-state index contributed by atoms with van der Waals surface area (Å²) in [4.78, 5) is 0. The van der Waals surface area contributed by atoms with Crippen molar-refractivity contribution in [1.29, 1.82) is 0 Å². The van der Waals surface area contributed by atoms with Crippen LogP contribution in [0.25, 0.3) is 11.1 Å². The van der Waals surface area contributed by atoms with Crippen LogP contribution < -0.4 is 5.73 Å². The normalized spacial score (nSPS) is 11.8. The Balaban J connectivity index is 2.76. The molecule has 1 heterocycles. The molecule has 0 fully saturated rings. The highest BCUT2D eigenvalue weighted by molar-refractivity contribution is 6.33. The predicted molar refractivity (Wildman–Crippen MR) is 70.0 cm³/mol. The molecule has 5 heteroatoms. The fourth-order valence-corrected chi connectivity index (χ4v) is 2.05. The van der Waals surface area contributed by atoms with E-state index >= 15 is 0 Å². The monoisotopic (exact) mass is 268 g/mol. The Hall–Kier alpha value is -1.55. The third-order valence-corrected chi connectivity index (χ3v) is 2.93. The Morgan fingerprint density at radius 3 is 2.50 bits per heavy atom. The molecule has 1 aromatic carbocycles. The van der Waals surface area contributed by atoms with E-state index in [2.05, 4.69) is 5.16 Å². The van der Waals surface area contributed by atoms with Gasteiger partial charge in [0.25, 0.3) is 0 Å². The fraction of sp³-hybridized carbons (Fsp3) is 0.308. The lowest BCUT2D eigenvalue weighted by atomic mass is 9.88. The van der Waals surface area contributed by atoms with Gasteiger partial charge in [0.15, 0.2) is 11.6 Å². The maximum absolute atomic E-state index is 14.0. The van der Waals surface area contributed by atoms with Gasteiger partial charge in [-0.3, -0.25) is 0 Å². The molecule has 0 amide bonds. The summed E-state index contributed by atoms with van der Waals surface area (Å²) >= 11 is 6.05. The number of aromatic nitrogens is 1. The summed E-state index contributed by atoms with van der Waals surface area (Å²) in [6, 6.07) is 4.49. The van der Waals surface area contributed by atoms with Gasteiger partial charge >= 0.3 is 0 Å². The van der Waals surface area contributed by atoms with Gasteiger partial charge in [0.2, 0.25) is 0 Å². The second-order valence-corrected chi connectivity index (χ2v) is 5.53. The number of anilines is 1. The lowest BCUT2D eigenvalue weighted by Gasteiger charge is -2.16. The van der Waals surface area contributed by atoms with Crippen LogP contribution in [0.5, 0.6) is 0 Å². The van der Waals surface area contributed by atoms with Crippen LogP contribution in [0.2, 0.25) is 5.02 Å². The minimum absolute atomic E-state index is 0.145. The average Bonchev–Trinajstić information content (AvgIpc) is 2.60. The average molecular weight is 269 g/mol. The van der Waals surface area contributed by atoms with Gasteiger partial charge in [-0.15, -0.1) is 0 Å². The highest BCUT2D eigenvalue weighted by atomic mass is 35.5. The Morgan fingerprint density at radius 2 is 1.94 bits per heavy atom. The minimum atomic E-state index is -0.442. The van der Waals surface area contributed by atoms with Crippen molar-refractivity contribution in [3.63, 3.8) is 0 Å². The Bertz CT molecular complexity index is 567. The van der Waals surface area contributed by atoms with Crippen molar-refractivity contribution >= 4 is 17.4 Å². The number of nitrogens with two attached hydrogens (primary N) is 1. The molecule has 0 unspecified atom stereocenters. The summed E-state index contributed by atoms with van der Waals surface area (Å²) < 4.78 is 19.2. The Kier molecular flexibility index (Phi) is 3.07. The first-order valence-corrected chi connectivity index (χ1v) is 5.90. The third kappa shape index (κ3) is 2.08. The SMILES string of the molecule is CC(C)(C)c1onc(N)c1-c1c(F)cccc1Cl. The molecule has 18 heavy (non-hydrogen) atoms. The predicted octanol–water partition coefficient (Wildman–Crippen LogP) is 4.01. The maximum atomic E-state index is 14.0. The van der Waals surface area contributed by atoms with Gasteiger partial charge in [0, 0.05) is 11.0 Å². The van der Waals surface area contributed by atoms with E-state index in [9.17, 15) is 4.39 Å². The van der Waals surface area contributed by atoms with Crippen molar-refractivity contribution in [2.24, 2.45) is 0 Å². The third-order valence-electron chi connectivity index (χ3n) is 2.61. The molecule has 0 bridgehead atoms. The second kappa shape index (κ2) is 4.28. The van der Waals surface area contributed by atoms with E-state index in [-0.39, 0.29) is 21.8 Å². The fourth-order valence-electron chi connectivity index (χ4n) is 1.79.